The van der Waals surface area contributed by atoms with Gasteiger partial charge in [0.1, 0.15) is 22.1 Å². The molecule has 0 aliphatic carbocycles. The molecule has 34 heavy (non-hydrogen) atoms. The Balaban J connectivity index is 2.11. The van der Waals surface area contributed by atoms with E-state index in [9.17, 15) is 14.9 Å². The number of ether oxygens (including phenoxy) is 1. The lowest BCUT2D eigenvalue weighted by molar-refractivity contribution is 0.105. The number of thiazole rings is 1. The standard InChI is InChI=1S/C26H22N4O3S/c1-16-8-7-10-21(17(16)2)30-25(32)23(12-18-14-28-29(3)15-18)34-26(30)20(13-27)24(31)19-9-5-6-11-22(19)33-4/h5-12,14-15H,1-4H3/b23-12-,26-20-. The number of hydrogen-bond donors (Lipinski definition) is 0. The van der Waals surface area contributed by atoms with Crippen molar-refractivity contribution in [1.82, 2.24) is 14.3 Å². The van der Waals surface area contributed by atoms with Crippen LogP contribution in [0, 0.1) is 25.2 Å². The van der Waals surface area contributed by atoms with Crippen LogP contribution >= 0.6 is 11.3 Å². The maximum atomic E-state index is 13.6. The highest BCUT2D eigenvalue weighted by Crippen LogP contribution is 2.21. The van der Waals surface area contributed by atoms with Gasteiger partial charge in [-0.15, -0.1) is 11.3 Å². The summed E-state index contributed by atoms with van der Waals surface area (Å²) in [7, 11) is 3.26. The first-order chi connectivity index (χ1) is 16.3. The van der Waals surface area contributed by atoms with Gasteiger partial charge in [-0.1, -0.05) is 24.3 Å². The first-order valence-electron chi connectivity index (χ1n) is 10.5. The van der Waals surface area contributed by atoms with Crippen LogP contribution in [0.1, 0.15) is 27.0 Å². The van der Waals surface area contributed by atoms with Crippen molar-refractivity contribution in [3.8, 4) is 17.5 Å². The van der Waals surface area contributed by atoms with Crippen LogP contribution < -0.4 is 19.5 Å². The van der Waals surface area contributed by atoms with E-state index in [2.05, 4.69) is 11.2 Å². The van der Waals surface area contributed by atoms with Gasteiger partial charge in [0.25, 0.3) is 5.56 Å². The summed E-state index contributed by atoms with van der Waals surface area (Å²) >= 11 is 1.11. The lowest BCUT2D eigenvalue weighted by Gasteiger charge is -2.10. The normalized spacial score (nSPS) is 12.4. The average molecular weight is 471 g/mol. The van der Waals surface area contributed by atoms with E-state index >= 15 is 0 Å². The number of benzene rings is 2. The van der Waals surface area contributed by atoms with Crippen molar-refractivity contribution in [2.75, 3.05) is 7.11 Å². The number of Topliss-reactive ketones (excluding diaryl/α,β-unsaturated/α-hetero) is 1. The van der Waals surface area contributed by atoms with Crippen LogP contribution in [0.2, 0.25) is 0 Å². The third-order valence-electron chi connectivity index (χ3n) is 5.57. The first-order valence-corrected chi connectivity index (χ1v) is 11.3. The van der Waals surface area contributed by atoms with Crippen LogP contribution in [0.5, 0.6) is 5.75 Å². The van der Waals surface area contributed by atoms with Gasteiger partial charge in [0.05, 0.1) is 29.1 Å². The number of carbonyl (C=O) groups is 1. The maximum absolute atomic E-state index is 13.6. The molecule has 0 spiro atoms. The quantitative estimate of drug-likeness (QED) is 0.419. The van der Waals surface area contributed by atoms with Gasteiger partial charge in [-0.3, -0.25) is 18.8 Å². The highest BCUT2D eigenvalue weighted by atomic mass is 32.1. The molecule has 0 saturated heterocycles. The smallest absolute Gasteiger partial charge is 0.273 e. The van der Waals surface area contributed by atoms with Crippen LogP contribution in [0.3, 0.4) is 0 Å². The predicted molar refractivity (Wildman–Crippen MR) is 132 cm³/mol. The van der Waals surface area contributed by atoms with Crippen molar-refractivity contribution >= 4 is 28.8 Å². The molecule has 2 heterocycles. The zero-order valence-corrected chi connectivity index (χ0v) is 20.0. The van der Waals surface area contributed by atoms with Crippen LogP contribution in [-0.4, -0.2) is 27.2 Å². The highest BCUT2D eigenvalue weighted by molar-refractivity contribution is 7.07. The third-order valence-corrected chi connectivity index (χ3v) is 6.66. The summed E-state index contributed by atoms with van der Waals surface area (Å²) in [4.78, 5) is 27.1. The Morgan fingerprint density at radius 2 is 1.94 bits per heavy atom. The molecular weight excluding hydrogens is 448 g/mol. The molecule has 0 unspecified atom stereocenters. The van der Waals surface area contributed by atoms with E-state index in [0.717, 1.165) is 28.0 Å². The summed E-state index contributed by atoms with van der Waals surface area (Å²) in [6.07, 6.45) is 5.15. The number of rotatable bonds is 5. The molecule has 8 heteroatoms. The third kappa shape index (κ3) is 4.09. The van der Waals surface area contributed by atoms with Gasteiger partial charge in [-0.2, -0.15) is 10.4 Å². The number of aryl methyl sites for hydroxylation is 2. The molecule has 2 aromatic carbocycles. The summed E-state index contributed by atoms with van der Waals surface area (Å²) in [6.45, 7) is 3.87. The molecule has 4 rings (SSSR count). The second kappa shape index (κ2) is 9.33. The highest BCUT2D eigenvalue weighted by Gasteiger charge is 2.21. The molecule has 0 atom stereocenters. The Hall–Kier alpha value is -4.22. The lowest BCUT2D eigenvalue weighted by atomic mass is 10.0. The first kappa shape index (κ1) is 23.0. The summed E-state index contributed by atoms with van der Waals surface area (Å²) in [5, 5.41) is 14.2. The summed E-state index contributed by atoms with van der Waals surface area (Å²) in [5.74, 6) is -0.146. The van der Waals surface area contributed by atoms with Crippen molar-refractivity contribution in [3.05, 3.63) is 96.7 Å². The fraction of sp³-hybridized carbons (Fsp3) is 0.154. The Morgan fingerprint density at radius 1 is 1.18 bits per heavy atom. The summed E-state index contributed by atoms with van der Waals surface area (Å²) in [6, 6.07) is 14.4. The van der Waals surface area contributed by atoms with Crippen molar-refractivity contribution in [2.24, 2.45) is 7.05 Å². The number of nitrogens with zero attached hydrogens (tertiary/aromatic N) is 4. The second-order valence-electron chi connectivity index (χ2n) is 7.74. The SMILES string of the molecule is COc1ccccc1C(=O)/C(C#N)=c1\s/c(=C\c2cnn(C)c2)c(=O)n1-c1cccc(C)c1C. The van der Waals surface area contributed by atoms with E-state index in [-0.39, 0.29) is 21.4 Å². The number of hydrogen-bond acceptors (Lipinski definition) is 6. The van der Waals surface area contributed by atoms with Crippen LogP contribution in [0.25, 0.3) is 17.3 Å². The van der Waals surface area contributed by atoms with Crippen molar-refractivity contribution in [3.63, 3.8) is 0 Å². The van der Waals surface area contributed by atoms with Gasteiger partial charge >= 0.3 is 0 Å². The molecule has 0 fully saturated rings. The van der Waals surface area contributed by atoms with Gasteiger partial charge in [0.15, 0.2) is 0 Å². The number of methoxy groups -OCH3 is 1. The Morgan fingerprint density at radius 3 is 2.62 bits per heavy atom. The minimum atomic E-state index is -0.506. The number of para-hydroxylation sites is 1. The Kier molecular flexibility index (Phi) is 6.30. The second-order valence-corrected chi connectivity index (χ2v) is 8.77. The lowest BCUT2D eigenvalue weighted by Crippen LogP contribution is -2.32. The molecule has 0 bridgehead atoms. The molecule has 0 saturated carbocycles. The zero-order valence-electron chi connectivity index (χ0n) is 19.2. The van der Waals surface area contributed by atoms with Crippen LogP contribution in [-0.2, 0) is 7.05 Å². The van der Waals surface area contributed by atoms with E-state index in [0.29, 0.717) is 16.0 Å². The minimum Gasteiger partial charge on any atom is -0.496 e. The van der Waals surface area contributed by atoms with Gasteiger partial charge < -0.3 is 4.74 Å². The van der Waals surface area contributed by atoms with Gasteiger partial charge in [-0.25, -0.2) is 0 Å². The van der Waals surface area contributed by atoms with E-state index in [1.54, 1.807) is 54.5 Å². The molecule has 0 aliphatic heterocycles. The fourth-order valence-corrected chi connectivity index (χ4v) is 4.77. The number of carbonyl (C=O) groups excluding carboxylic acids is 1. The molecule has 4 aromatic rings. The zero-order chi connectivity index (χ0) is 24.4. The molecule has 170 valence electrons. The van der Waals surface area contributed by atoms with Crippen molar-refractivity contribution < 1.29 is 9.53 Å². The molecule has 0 N–H and O–H groups in total. The van der Waals surface area contributed by atoms with Gasteiger partial charge in [0, 0.05) is 18.8 Å². The van der Waals surface area contributed by atoms with Crippen molar-refractivity contribution in [2.45, 2.75) is 13.8 Å². The molecule has 0 aliphatic rings. The Labute approximate surface area is 200 Å². The largest absolute Gasteiger partial charge is 0.496 e. The molecular formula is C26H22N4O3S. The number of ketones is 1. The van der Waals surface area contributed by atoms with E-state index in [1.807, 2.05) is 32.0 Å². The monoisotopic (exact) mass is 470 g/mol. The molecule has 2 aromatic heterocycles. The van der Waals surface area contributed by atoms with Crippen LogP contribution in [0.4, 0.5) is 0 Å². The molecule has 0 radical (unpaired) electrons. The van der Waals surface area contributed by atoms with E-state index in [4.69, 9.17) is 4.74 Å². The number of aromatic nitrogens is 3. The van der Waals surface area contributed by atoms with Gasteiger partial charge in [0.2, 0.25) is 5.78 Å². The Bertz CT molecular complexity index is 1630. The van der Waals surface area contributed by atoms with Gasteiger partial charge in [-0.05, 0) is 49.2 Å². The van der Waals surface area contributed by atoms with E-state index in [1.165, 1.54) is 11.7 Å². The molecule has 7 nitrogen and oxygen atoms in total. The predicted octanol–water partition coefficient (Wildman–Crippen LogP) is 2.64. The molecule has 0 amide bonds. The van der Waals surface area contributed by atoms with E-state index < -0.39 is 5.78 Å². The average Bonchev–Trinajstić information content (AvgIpc) is 3.39. The topological polar surface area (TPSA) is 89.9 Å². The fourth-order valence-electron chi connectivity index (χ4n) is 3.68. The van der Waals surface area contributed by atoms with Crippen LogP contribution in [0.15, 0.2) is 59.7 Å². The summed E-state index contributed by atoms with van der Waals surface area (Å²) in [5.41, 5.74) is 3.08. The number of nitriles is 1. The minimum absolute atomic E-state index is 0.127. The van der Waals surface area contributed by atoms with Crippen molar-refractivity contribution in [1.29, 1.82) is 5.26 Å². The summed E-state index contributed by atoms with van der Waals surface area (Å²) < 4.78 is 9.10. The maximum Gasteiger partial charge on any atom is 0.273 e.